The minimum atomic E-state index is 0.688. The average Bonchev–Trinajstić information content (AvgIpc) is 2.67. The van der Waals surface area contributed by atoms with Crippen LogP contribution in [0.15, 0.2) is 10.8 Å². The molecule has 0 radical (unpaired) electrons. The SMILES string of the molecule is Cc1cscc1Cn1c(C)n[nH]c1=S. The molecule has 3 nitrogen and oxygen atoms in total. The molecule has 2 aromatic rings. The van der Waals surface area contributed by atoms with Crippen molar-refractivity contribution in [3.05, 3.63) is 32.5 Å². The number of nitrogens with zero attached hydrogens (tertiary/aromatic N) is 2. The fraction of sp³-hybridized carbons (Fsp3) is 0.333. The summed E-state index contributed by atoms with van der Waals surface area (Å²) in [4.78, 5) is 0. The molecule has 0 amide bonds. The Hall–Kier alpha value is -0.940. The van der Waals surface area contributed by atoms with Gasteiger partial charge in [-0.25, -0.2) is 0 Å². The van der Waals surface area contributed by atoms with E-state index in [9.17, 15) is 0 Å². The number of aromatic amines is 1. The van der Waals surface area contributed by atoms with Crippen molar-refractivity contribution in [3.63, 3.8) is 0 Å². The molecular weight excluding hydrogens is 214 g/mol. The van der Waals surface area contributed by atoms with E-state index in [1.54, 1.807) is 11.3 Å². The Morgan fingerprint density at radius 1 is 1.50 bits per heavy atom. The highest BCUT2D eigenvalue weighted by Crippen LogP contribution is 2.15. The van der Waals surface area contributed by atoms with Gasteiger partial charge in [-0.3, -0.25) is 9.67 Å². The number of aromatic nitrogens is 3. The summed E-state index contributed by atoms with van der Waals surface area (Å²) in [5, 5.41) is 11.2. The van der Waals surface area contributed by atoms with Crippen LogP contribution in [0.3, 0.4) is 0 Å². The predicted octanol–water partition coefficient (Wildman–Crippen LogP) is 2.67. The van der Waals surface area contributed by atoms with Crippen molar-refractivity contribution in [3.8, 4) is 0 Å². The standard InChI is InChI=1S/C9H11N3S2/c1-6-4-14-5-8(6)3-12-7(2)10-11-9(12)13/h4-5H,3H2,1-2H3,(H,11,13). The zero-order valence-electron chi connectivity index (χ0n) is 8.07. The third kappa shape index (κ3) is 1.65. The maximum absolute atomic E-state index is 5.14. The normalized spacial score (nSPS) is 10.7. The van der Waals surface area contributed by atoms with Crippen molar-refractivity contribution in [2.24, 2.45) is 0 Å². The number of rotatable bonds is 2. The van der Waals surface area contributed by atoms with Gasteiger partial charge in [0.25, 0.3) is 0 Å². The molecule has 0 saturated carbocycles. The van der Waals surface area contributed by atoms with Gasteiger partial charge in [-0.15, -0.1) is 0 Å². The topological polar surface area (TPSA) is 33.6 Å². The number of hydrogen-bond donors (Lipinski definition) is 1. The van der Waals surface area contributed by atoms with Crippen molar-refractivity contribution in [1.29, 1.82) is 0 Å². The van der Waals surface area contributed by atoms with Gasteiger partial charge in [0.2, 0.25) is 0 Å². The number of H-pyrrole nitrogens is 1. The molecule has 0 saturated heterocycles. The predicted molar refractivity (Wildman–Crippen MR) is 60.3 cm³/mol. The smallest absolute Gasteiger partial charge is 0.195 e. The van der Waals surface area contributed by atoms with E-state index in [4.69, 9.17) is 12.2 Å². The largest absolute Gasteiger partial charge is 0.300 e. The van der Waals surface area contributed by atoms with E-state index in [0.717, 1.165) is 12.4 Å². The molecule has 0 aliphatic carbocycles. The molecular formula is C9H11N3S2. The van der Waals surface area contributed by atoms with Crippen LogP contribution in [-0.4, -0.2) is 14.8 Å². The van der Waals surface area contributed by atoms with Gasteiger partial charge < -0.3 is 0 Å². The number of thiophene rings is 1. The quantitative estimate of drug-likeness (QED) is 0.797. The molecule has 1 N–H and O–H groups in total. The van der Waals surface area contributed by atoms with Crippen molar-refractivity contribution < 1.29 is 0 Å². The summed E-state index contributed by atoms with van der Waals surface area (Å²) in [6.07, 6.45) is 0. The molecule has 74 valence electrons. The van der Waals surface area contributed by atoms with Crippen molar-refractivity contribution in [2.45, 2.75) is 20.4 Å². The summed E-state index contributed by atoms with van der Waals surface area (Å²) in [7, 11) is 0. The summed E-state index contributed by atoms with van der Waals surface area (Å²) < 4.78 is 2.69. The van der Waals surface area contributed by atoms with Crippen LogP contribution >= 0.6 is 23.6 Å². The first-order valence-corrected chi connectivity index (χ1v) is 5.67. The van der Waals surface area contributed by atoms with E-state index in [1.807, 2.05) is 11.5 Å². The Kier molecular flexibility index (Phi) is 2.52. The van der Waals surface area contributed by atoms with E-state index in [2.05, 4.69) is 27.9 Å². The highest BCUT2D eigenvalue weighted by molar-refractivity contribution is 7.71. The molecule has 0 unspecified atom stereocenters. The maximum Gasteiger partial charge on any atom is 0.195 e. The Morgan fingerprint density at radius 3 is 2.79 bits per heavy atom. The lowest BCUT2D eigenvalue weighted by atomic mass is 10.2. The molecule has 0 atom stereocenters. The monoisotopic (exact) mass is 225 g/mol. The summed E-state index contributed by atoms with van der Waals surface area (Å²) >= 11 is 6.86. The van der Waals surface area contributed by atoms with Gasteiger partial charge in [-0.1, -0.05) is 0 Å². The summed E-state index contributed by atoms with van der Waals surface area (Å²) in [6.45, 7) is 4.88. The number of nitrogens with one attached hydrogen (secondary N) is 1. The molecule has 0 aliphatic heterocycles. The van der Waals surface area contributed by atoms with Crippen LogP contribution in [0, 0.1) is 18.6 Å². The number of hydrogen-bond acceptors (Lipinski definition) is 3. The van der Waals surface area contributed by atoms with Crippen LogP contribution in [0.4, 0.5) is 0 Å². The first-order chi connectivity index (χ1) is 6.68. The van der Waals surface area contributed by atoms with Crippen LogP contribution in [0.5, 0.6) is 0 Å². The summed E-state index contributed by atoms with van der Waals surface area (Å²) in [5.74, 6) is 0.931. The number of aryl methyl sites for hydroxylation is 2. The lowest BCUT2D eigenvalue weighted by Crippen LogP contribution is -2.02. The van der Waals surface area contributed by atoms with E-state index >= 15 is 0 Å². The Balaban J connectivity index is 2.36. The first kappa shape index (κ1) is 9.61. The van der Waals surface area contributed by atoms with Crippen LogP contribution in [0.25, 0.3) is 0 Å². The van der Waals surface area contributed by atoms with Crippen molar-refractivity contribution in [1.82, 2.24) is 14.8 Å². The third-order valence-corrected chi connectivity index (χ3v) is 3.46. The molecule has 0 bridgehead atoms. The molecule has 2 heterocycles. The second-order valence-electron chi connectivity index (χ2n) is 3.24. The Labute approximate surface area is 91.4 Å². The molecule has 0 fully saturated rings. The third-order valence-electron chi connectivity index (χ3n) is 2.24. The van der Waals surface area contributed by atoms with Crippen molar-refractivity contribution in [2.75, 3.05) is 0 Å². The van der Waals surface area contributed by atoms with Crippen LogP contribution in [0.2, 0.25) is 0 Å². The first-order valence-electron chi connectivity index (χ1n) is 4.32. The van der Waals surface area contributed by atoms with Gasteiger partial charge in [0.15, 0.2) is 4.77 Å². The van der Waals surface area contributed by atoms with Gasteiger partial charge in [0.05, 0.1) is 6.54 Å². The highest BCUT2D eigenvalue weighted by Gasteiger charge is 2.04. The van der Waals surface area contributed by atoms with Crippen molar-refractivity contribution >= 4 is 23.6 Å². The van der Waals surface area contributed by atoms with Crippen LogP contribution in [0.1, 0.15) is 17.0 Å². The van der Waals surface area contributed by atoms with Gasteiger partial charge >= 0.3 is 0 Å². The maximum atomic E-state index is 5.14. The van der Waals surface area contributed by atoms with E-state index in [-0.39, 0.29) is 0 Å². The van der Waals surface area contributed by atoms with Gasteiger partial charge in [0, 0.05) is 0 Å². The van der Waals surface area contributed by atoms with Gasteiger partial charge in [-0.2, -0.15) is 16.4 Å². The minimum Gasteiger partial charge on any atom is -0.300 e. The van der Waals surface area contributed by atoms with E-state index in [1.165, 1.54) is 11.1 Å². The summed E-state index contributed by atoms with van der Waals surface area (Å²) in [5.41, 5.74) is 2.63. The molecule has 0 spiro atoms. The molecule has 0 aliphatic rings. The average molecular weight is 225 g/mol. The lowest BCUT2D eigenvalue weighted by molar-refractivity contribution is 0.750. The lowest BCUT2D eigenvalue weighted by Gasteiger charge is -2.02. The minimum absolute atomic E-state index is 0.688. The zero-order valence-corrected chi connectivity index (χ0v) is 9.71. The van der Waals surface area contributed by atoms with Crippen LogP contribution < -0.4 is 0 Å². The molecule has 2 aromatic heterocycles. The van der Waals surface area contributed by atoms with E-state index in [0.29, 0.717) is 4.77 Å². The summed E-state index contributed by atoms with van der Waals surface area (Å²) in [6, 6.07) is 0. The molecule has 2 rings (SSSR count). The van der Waals surface area contributed by atoms with E-state index < -0.39 is 0 Å². The van der Waals surface area contributed by atoms with Gasteiger partial charge in [0.1, 0.15) is 5.82 Å². The fourth-order valence-corrected chi connectivity index (χ4v) is 2.39. The Morgan fingerprint density at radius 2 is 2.29 bits per heavy atom. The molecule has 5 heteroatoms. The Bertz CT molecular complexity index is 492. The fourth-order valence-electron chi connectivity index (χ4n) is 1.30. The zero-order chi connectivity index (χ0) is 10.1. The molecule has 0 aromatic carbocycles. The van der Waals surface area contributed by atoms with Gasteiger partial charge in [-0.05, 0) is 48.0 Å². The second-order valence-corrected chi connectivity index (χ2v) is 4.37. The second kappa shape index (κ2) is 3.67. The molecule has 14 heavy (non-hydrogen) atoms. The highest BCUT2D eigenvalue weighted by atomic mass is 32.1. The van der Waals surface area contributed by atoms with Crippen LogP contribution in [-0.2, 0) is 6.54 Å².